The third-order valence-electron chi connectivity index (χ3n) is 7.35. The molecule has 2 saturated heterocycles. The molecule has 5 rings (SSSR count). The number of rotatable bonds is 7. The summed E-state index contributed by atoms with van der Waals surface area (Å²) in [6.07, 6.45) is -21.0. The van der Waals surface area contributed by atoms with Crippen molar-refractivity contribution in [2.75, 3.05) is 0 Å². The van der Waals surface area contributed by atoms with Crippen LogP contribution in [-0.4, -0.2) is 135 Å². The molecule has 0 aliphatic carbocycles. The van der Waals surface area contributed by atoms with Crippen molar-refractivity contribution >= 4 is 22.9 Å². The van der Waals surface area contributed by atoms with Gasteiger partial charge in [0.25, 0.3) is 0 Å². The lowest BCUT2D eigenvalue weighted by Gasteiger charge is -2.38. The smallest absolute Gasteiger partial charge is 0.335 e. The van der Waals surface area contributed by atoms with Crippen LogP contribution in [0, 0.1) is 0 Å². The minimum atomic E-state index is -2.19. The number of aliphatic hydroxyl groups is 6. The second-order valence-corrected chi connectivity index (χ2v) is 10.5. The van der Waals surface area contributed by atoms with Crippen LogP contribution in [0.2, 0.25) is 0 Å². The number of carbonyl (C=O) groups is 2. The van der Waals surface area contributed by atoms with Crippen LogP contribution in [0.25, 0.3) is 22.3 Å². The molecule has 2 aromatic carbocycles. The summed E-state index contributed by atoms with van der Waals surface area (Å²) in [4.78, 5) is 36.8. The van der Waals surface area contributed by atoms with Crippen molar-refractivity contribution in [2.45, 2.75) is 61.4 Å². The van der Waals surface area contributed by atoms with Crippen LogP contribution in [0.3, 0.4) is 0 Å². The van der Waals surface area contributed by atoms with Crippen LogP contribution < -0.4 is 14.9 Å². The van der Waals surface area contributed by atoms with Gasteiger partial charge in [-0.2, -0.15) is 0 Å². The summed E-state index contributed by atoms with van der Waals surface area (Å²) in [7, 11) is 0. The van der Waals surface area contributed by atoms with Gasteiger partial charge in [-0.25, -0.2) is 9.59 Å². The van der Waals surface area contributed by atoms with Crippen molar-refractivity contribution in [2.24, 2.45) is 0 Å². The Bertz CT molecular complexity index is 1750. The van der Waals surface area contributed by atoms with Crippen LogP contribution in [0.15, 0.2) is 33.5 Å². The summed E-state index contributed by atoms with van der Waals surface area (Å²) in [6, 6.07) is 3.21. The molecule has 10 atom stereocenters. The molecule has 2 aliphatic heterocycles. The number of hydrogen-bond acceptors (Lipinski definition) is 18. The Hall–Kier alpha value is -4.93. The average molecular weight is 670 g/mol. The third kappa shape index (κ3) is 5.90. The first-order valence-corrected chi connectivity index (χ1v) is 13.3. The van der Waals surface area contributed by atoms with Gasteiger partial charge in [-0.3, -0.25) is 4.79 Å². The minimum absolute atomic E-state index is 0.411. The number of benzene rings is 2. The molecule has 0 amide bonds. The van der Waals surface area contributed by atoms with E-state index in [9.17, 15) is 75.7 Å². The molecule has 20 nitrogen and oxygen atoms in total. The van der Waals surface area contributed by atoms with E-state index in [-0.39, 0.29) is 0 Å². The molecule has 3 aromatic rings. The molecule has 2 aliphatic rings. The summed E-state index contributed by atoms with van der Waals surface area (Å²) < 4.78 is 26.6. The van der Waals surface area contributed by atoms with E-state index in [1.165, 1.54) is 0 Å². The van der Waals surface area contributed by atoms with Crippen molar-refractivity contribution in [3.05, 3.63) is 34.5 Å². The van der Waals surface area contributed by atoms with Gasteiger partial charge in [0.05, 0.1) is 0 Å². The zero-order chi connectivity index (χ0) is 34.6. The van der Waals surface area contributed by atoms with E-state index in [0.717, 1.165) is 24.3 Å². The SMILES string of the molecule is O=C(O)[C@H]1O[C@@H](Oc2cc(O)c3c(=O)c(O[C@@H]4O[C@H](C(=O)O)[C@@H](O)[C@H](O)[C@H]4O)c(-c4cc(O)c(O)c(O)c4)oc3c2)[C@@H](O)[C@@H](O)[C@@H]1O. The maximum atomic E-state index is 13.8. The molecular formula is C27H26O20. The van der Waals surface area contributed by atoms with E-state index < -0.39 is 136 Å². The van der Waals surface area contributed by atoms with E-state index in [1.807, 2.05) is 0 Å². The van der Waals surface area contributed by atoms with Crippen molar-refractivity contribution in [3.63, 3.8) is 0 Å². The number of ether oxygens (including phenoxy) is 4. The standard InChI is InChI=1S/C27H26O20/c28-7-3-6(43-26-18(37)14(33)16(35)22(46-26)24(39)40)4-10-11(7)13(32)21(20(44-10)5-1-8(29)12(31)9(30)2-5)45-27-19(38)15(34)17(36)23(47-27)25(41)42/h1-4,14-19,22-23,26-31,33-38H,(H,39,40)(H,41,42)/t14-,15-,16-,17-,18-,19+,22-,23-,26+,27+/m0/s1. The van der Waals surface area contributed by atoms with Crippen LogP contribution in [0.4, 0.5) is 0 Å². The molecule has 254 valence electrons. The monoisotopic (exact) mass is 670 g/mol. The number of fused-ring (bicyclic) bond motifs is 1. The Kier molecular flexibility index (Phi) is 8.79. The fourth-order valence-corrected chi connectivity index (χ4v) is 4.91. The van der Waals surface area contributed by atoms with Gasteiger partial charge in [0.2, 0.25) is 23.8 Å². The number of aromatic hydroxyl groups is 4. The number of phenolic OH excluding ortho intramolecular Hbond substituents is 4. The second-order valence-electron chi connectivity index (χ2n) is 10.5. The summed E-state index contributed by atoms with van der Waals surface area (Å²) in [5, 5.41) is 120. The number of aliphatic hydroxyl groups excluding tert-OH is 6. The van der Waals surface area contributed by atoms with Gasteiger partial charge < -0.3 is 84.6 Å². The van der Waals surface area contributed by atoms with E-state index in [0.29, 0.717) is 0 Å². The number of phenols is 4. The molecule has 0 radical (unpaired) electrons. The van der Waals surface area contributed by atoms with Crippen LogP contribution in [0.1, 0.15) is 0 Å². The van der Waals surface area contributed by atoms with Gasteiger partial charge in [-0.15, -0.1) is 0 Å². The maximum absolute atomic E-state index is 13.8. The molecule has 0 bridgehead atoms. The predicted molar refractivity (Wildman–Crippen MR) is 144 cm³/mol. The molecule has 3 heterocycles. The normalized spacial score (nSPS) is 30.9. The Labute approximate surface area is 259 Å². The van der Waals surface area contributed by atoms with E-state index in [1.54, 1.807) is 0 Å². The van der Waals surface area contributed by atoms with Crippen molar-refractivity contribution in [1.82, 2.24) is 0 Å². The van der Waals surface area contributed by atoms with Gasteiger partial charge in [-0.05, 0) is 12.1 Å². The molecule has 0 saturated carbocycles. The number of carboxylic acid groups (broad SMARTS) is 2. The van der Waals surface area contributed by atoms with Gasteiger partial charge in [-0.1, -0.05) is 0 Å². The third-order valence-corrected chi connectivity index (χ3v) is 7.35. The first kappa shape index (κ1) is 33.4. The predicted octanol–water partition coefficient (Wildman–Crippen LogP) is -3.18. The lowest BCUT2D eigenvalue weighted by Crippen LogP contribution is -2.61. The highest BCUT2D eigenvalue weighted by atomic mass is 16.7. The summed E-state index contributed by atoms with van der Waals surface area (Å²) >= 11 is 0. The lowest BCUT2D eigenvalue weighted by molar-refractivity contribution is -0.271. The summed E-state index contributed by atoms with van der Waals surface area (Å²) in [5.74, 6) is -9.48. The molecule has 0 unspecified atom stereocenters. The Balaban J connectivity index is 1.63. The molecule has 1 aromatic heterocycles. The molecular weight excluding hydrogens is 644 g/mol. The van der Waals surface area contributed by atoms with Crippen LogP contribution in [0.5, 0.6) is 34.5 Å². The van der Waals surface area contributed by atoms with Gasteiger partial charge >= 0.3 is 11.9 Å². The fourth-order valence-electron chi connectivity index (χ4n) is 4.91. The molecule has 2 fully saturated rings. The fraction of sp³-hybridized carbons (Fsp3) is 0.370. The number of carboxylic acids is 2. The van der Waals surface area contributed by atoms with E-state index in [2.05, 4.69) is 0 Å². The maximum Gasteiger partial charge on any atom is 0.335 e. The van der Waals surface area contributed by atoms with Crippen LogP contribution >= 0.6 is 0 Å². The highest BCUT2D eigenvalue weighted by molar-refractivity contribution is 5.88. The first-order valence-electron chi connectivity index (χ1n) is 13.3. The van der Waals surface area contributed by atoms with Crippen LogP contribution in [-0.2, 0) is 19.1 Å². The lowest BCUT2D eigenvalue weighted by atomic mass is 9.99. The van der Waals surface area contributed by atoms with Gasteiger partial charge in [0.15, 0.2) is 35.2 Å². The van der Waals surface area contributed by atoms with Crippen molar-refractivity contribution in [1.29, 1.82) is 0 Å². The topological polar surface area (TPSA) is 344 Å². The summed E-state index contributed by atoms with van der Waals surface area (Å²) in [6.45, 7) is 0. The quantitative estimate of drug-likeness (QED) is 0.110. The Morgan fingerprint density at radius 2 is 1.13 bits per heavy atom. The average Bonchev–Trinajstić information content (AvgIpc) is 3.00. The molecule has 47 heavy (non-hydrogen) atoms. The zero-order valence-corrected chi connectivity index (χ0v) is 23.2. The highest BCUT2D eigenvalue weighted by Crippen LogP contribution is 2.43. The van der Waals surface area contributed by atoms with Crippen molar-refractivity contribution in [3.8, 4) is 45.8 Å². The van der Waals surface area contributed by atoms with E-state index in [4.69, 9.17) is 23.4 Å². The Morgan fingerprint density at radius 1 is 0.638 bits per heavy atom. The van der Waals surface area contributed by atoms with E-state index >= 15 is 0 Å². The number of hydrogen-bond donors (Lipinski definition) is 12. The first-order chi connectivity index (χ1) is 22.0. The zero-order valence-electron chi connectivity index (χ0n) is 23.2. The van der Waals surface area contributed by atoms with Gasteiger partial charge in [0, 0.05) is 17.7 Å². The highest BCUT2D eigenvalue weighted by Gasteiger charge is 2.49. The summed E-state index contributed by atoms with van der Waals surface area (Å²) in [5.41, 5.74) is -2.26. The Morgan fingerprint density at radius 3 is 1.62 bits per heavy atom. The van der Waals surface area contributed by atoms with Crippen molar-refractivity contribution < 1.29 is 94.2 Å². The number of aliphatic carboxylic acids is 2. The molecule has 12 N–H and O–H groups in total. The molecule has 0 spiro atoms. The largest absolute Gasteiger partial charge is 0.507 e. The minimum Gasteiger partial charge on any atom is -0.507 e. The second kappa shape index (κ2) is 12.4. The van der Waals surface area contributed by atoms with Gasteiger partial charge in [0.1, 0.15) is 59.1 Å². The molecule has 20 heteroatoms.